The number of rotatable bonds is 63. The van der Waals surface area contributed by atoms with Crippen LogP contribution in [0.5, 0.6) is 0 Å². The molecule has 0 aromatic carbocycles. The van der Waals surface area contributed by atoms with E-state index in [1.54, 1.807) is 0 Å². The van der Waals surface area contributed by atoms with Crippen molar-refractivity contribution in [2.24, 2.45) is 5.92 Å². The van der Waals surface area contributed by atoms with Gasteiger partial charge in [-0.25, -0.2) is 4.67 Å². The normalized spacial score (nSPS) is 23.6. The smallest absolute Gasteiger partial charge is 0.303 e. The highest BCUT2D eigenvalue weighted by atomic mass is 31.2. The molecule has 0 aromatic heterocycles. The first kappa shape index (κ1) is 117. The van der Waals surface area contributed by atoms with Gasteiger partial charge >= 0.3 is 53.7 Å². The third-order valence-electron chi connectivity index (χ3n) is 19.9. The third kappa shape index (κ3) is 47.1. The third-order valence-corrected chi connectivity index (χ3v) is 22.1. The lowest BCUT2D eigenvalue weighted by Gasteiger charge is -2.44. The maximum Gasteiger partial charge on any atom is 0.303 e. The summed E-state index contributed by atoms with van der Waals surface area (Å²) in [7, 11) is -1.50. The minimum Gasteiger partial charge on any atom is -0.463 e. The van der Waals surface area contributed by atoms with Gasteiger partial charge in [0.1, 0.15) is 61.8 Å². The Morgan fingerprint density at radius 2 is 0.694 bits per heavy atom. The summed E-state index contributed by atoms with van der Waals surface area (Å²) >= 11 is 0. The average Bonchev–Trinajstić information content (AvgIpc) is 0.792. The van der Waals surface area contributed by atoms with Crippen molar-refractivity contribution in [2.45, 2.75) is 291 Å². The minimum atomic E-state index is -1.56. The van der Waals surface area contributed by atoms with E-state index in [0.29, 0.717) is 19.3 Å². The molecular formula is C85H138N9O39P. The second-order valence-corrected chi connectivity index (χ2v) is 33.6. The highest BCUT2D eigenvalue weighted by Crippen LogP contribution is 2.49. The summed E-state index contributed by atoms with van der Waals surface area (Å²) in [6.45, 7) is 17.9. The molecule has 3 saturated heterocycles. The zero-order valence-electron chi connectivity index (χ0n) is 79.4. The fraction of sp³-hybridized carbons (Fsp3) is 0.800. The van der Waals surface area contributed by atoms with Gasteiger partial charge in [0.05, 0.1) is 124 Å². The second kappa shape index (κ2) is 64.0. The summed E-state index contributed by atoms with van der Waals surface area (Å²) in [6.07, 6.45) is -13.2. The largest absolute Gasteiger partial charge is 0.463 e. The molecule has 3 heterocycles. The van der Waals surface area contributed by atoms with Crippen molar-refractivity contribution >= 4 is 104 Å². The number of hydrogen-bond acceptors (Lipinski definition) is 41. The number of nitrogens with one attached hydrogen (secondary N) is 7. The van der Waals surface area contributed by atoms with Gasteiger partial charge in [0.2, 0.25) is 41.4 Å². The maximum atomic E-state index is 14.5. The first-order valence-electron chi connectivity index (χ1n) is 44.5. The highest BCUT2D eigenvalue weighted by molar-refractivity contribution is 7.44. The van der Waals surface area contributed by atoms with Gasteiger partial charge in [0, 0.05) is 140 Å². The molecule has 4 aliphatic rings. The first-order chi connectivity index (χ1) is 63.6. The zero-order chi connectivity index (χ0) is 99.4. The molecule has 1 saturated carbocycles. The molecule has 4 rings (SSSR count). The molecule has 0 spiro atoms. The monoisotopic (exact) mass is 1940 g/mol. The van der Waals surface area contributed by atoms with Gasteiger partial charge in [-0.05, 0) is 65.7 Å². The number of hydrogen-bond donors (Lipinski definition) is 7. The van der Waals surface area contributed by atoms with E-state index in [2.05, 4.69) is 75.7 Å². The Kier molecular flexibility index (Phi) is 56.0. The Labute approximate surface area is 780 Å². The van der Waals surface area contributed by atoms with Crippen LogP contribution in [-0.4, -0.2) is 361 Å². The van der Waals surface area contributed by atoms with Crippen LogP contribution in [0.25, 0.3) is 0 Å². The van der Waals surface area contributed by atoms with Gasteiger partial charge in [-0.1, -0.05) is 0 Å². The summed E-state index contributed by atoms with van der Waals surface area (Å²) in [5.41, 5.74) is -1.56. The van der Waals surface area contributed by atoms with Crippen molar-refractivity contribution in [1.29, 1.82) is 5.26 Å². The van der Waals surface area contributed by atoms with Crippen molar-refractivity contribution in [3.8, 4) is 6.07 Å². The molecule has 4 fully saturated rings. The van der Waals surface area contributed by atoms with E-state index in [-0.39, 0.29) is 182 Å². The van der Waals surface area contributed by atoms with Crippen LogP contribution >= 0.6 is 8.53 Å². The van der Waals surface area contributed by atoms with Crippen LogP contribution in [0.3, 0.4) is 0 Å². The summed E-state index contributed by atoms with van der Waals surface area (Å²) in [5, 5.41) is 28.4. The summed E-state index contributed by atoms with van der Waals surface area (Å²) in [4.78, 5) is 201. The van der Waals surface area contributed by atoms with E-state index in [1.807, 2.05) is 0 Å². The minimum absolute atomic E-state index is 0.0114. The van der Waals surface area contributed by atoms with Gasteiger partial charge in [-0.15, -0.1) is 0 Å². The molecule has 762 valence electrons. The molecule has 49 heteroatoms. The lowest BCUT2D eigenvalue weighted by atomic mass is 9.84. The van der Waals surface area contributed by atoms with Crippen molar-refractivity contribution in [3.63, 3.8) is 0 Å². The Morgan fingerprint density at radius 1 is 0.381 bits per heavy atom. The molecule has 16 atom stereocenters. The summed E-state index contributed by atoms with van der Waals surface area (Å²) < 4.78 is 135. The first-order valence-corrected chi connectivity index (χ1v) is 45.6. The molecular weight excluding hydrogens is 1800 g/mol. The quantitative estimate of drug-likeness (QED) is 0.0184. The Balaban J connectivity index is 1.51. The Bertz CT molecular complexity index is 3430. The number of carbonyl (C=O) groups is 16. The highest BCUT2D eigenvalue weighted by Gasteiger charge is 2.55. The van der Waals surface area contributed by atoms with Crippen LogP contribution in [0, 0.1) is 17.2 Å². The van der Waals surface area contributed by atoms with Crippen LogP contribution in [0.1, 0.15) is 175 Å². The average molecular weight is 1940 g/mol. The van der Waals surface area contributed by atoms with Crippen molar-refractivity contribution < 1.29 is 185 Å². The topological polar surface area (TPSA) is 597 Å². The molecule has 134 heavy (non-hydrogen) atoms. The number of amides is 7. The van der Waals surface area contributed by atoms with Crippen LogP contribution in [-0.2, 0) is 185 Å². The van der Waals surface area contributed by atoms with E-state index in [0.717, 1.165) is 75.2 Å². The number of carbonyl (C=O) groups excluding carboxylic acids is 16. The van der Waals surface area contributed by atoms with Crippen LogP contribution in [0.2, 0.25) is 0 Å². The molecule has 0 aromatic rings. The lowest BCUT2D eigenvalue weighted by Crippen LogP contribution is -2.66. The predicted octanol–water partition coefficient (Wildman–Crippen LogP) is 0.110. The SMILES string of the molecule is CC(=O)N[C@H]1[C@H](OCCOCCNC(=O)CCOCC(COCCC(=O)NCCOCCO[C@@H]2O[C@H](COC(C)=O)[C@H](OC(C)=O)[C@H](OC(C)=O)[C@H]2NC(C)=O)(COCCC(=O)NCCOCCO[C@@H]2O[C@H](COC(C)=O)[C@H](OC(C)=O)[C@H](OC(C)=O)[C@H]2NC(C)=O)NC(=O)CCC2CCC(OP(OCCC#N)N(C(C)C)C(C)C)CC2)O[C@H](COC(C)=O)[C@H](OC(C)=O)[C@@H]1OC(C)=O. The van der Waals surface area contributed by atoms with Crippen molar-refractivity contribution in [3.05, 3.63) is 0 Å². The summed E-state index contributed by atoms with van der Waals surface area (Å²) in [6, 6.07) is -1.38. The van der Waals surface area contributed by atoms with Crippen molar-refractivity contribution in [1.82, 2.24) is 41.9 Å². The standard InChI is InChI=1S/C85H138N9O39P/c1-50(2)94(51(3)4)134(123-31-17-27-86)133-65-21-18-64(19-22-65)20-23-72(110)93-85(47-114-32-24-69(107)87-28-35-111-38-41-117-82-73(90-52(5)95)79(127-61(14)104)76(124-58(11)101)66(130-82)44-120-55(8)98,48-115-33-25-70(108)88-29-36-112-39-42-118-83-74(91-53(6)96)80(128-62(15)105)77(125-59(12)102)67(131-83)45-121-56(9)99)49-116-34-26-71(109)89-30-37-113-40-43-119-84-75(92-54(7)97)81(129-63(16)106)78(126-60(13)103)68(132-84)46-122-57(10)100/h50-51,64-68,73-84H,17-26,28-49H2,1-16H3,(H,87,107)(H,88,108)(H,89,109)(H,90,95)(H,91,96)(H,92,97)(H,93,110)/t64?,65?,66-,67-,68-,73-,74-,75-,76+,77+,78+,79-,80-,81-,82-,83-,84-,134?/m1/s1. The number of nitriles is 1. The molecule has 1 unspecified atom stereocenters. The Morgan fingerprint density at radius 3 is 0.978 bits per heavy atom. The number of ether oxygens (including phenoxy) is 21. The van der Waals surface area contributed by atoms with Gasteiger partial charge in [-0.3, -0.25) is 76.7 Å². The van der Waals surface area contributed by atoms with E-state index in [9.17, 15) is 82.0 Å². The van der Waals surface area contributed by atoms with Gasteiger partial charge < -0.3 is 146 Å². The molecule has 48 nitrogen and oxygen atoms in total. The van der Waals surface area contributed by atoms with E-state index < -0.39 is 221 Å². The van der Waals surface area contributed by atoms with E-state index >= 15 is 0 Å². The fourth-order valence-electron chi connectivity index (χ4n) is 14.5. The zero-order valence-corrected chi connectivity index (χ0v) is 80.3. The number of esters is 9. The molecule has 1 aliphatic carbocycles. The fourth-order valence-corrected chi connectivity index (χ4v) is 16.3. The van der Waals surface area contributed by atoms with Crippen molar-refractivity contribution in [2.75, 3.05) is 145 Å². The summed E-state index contributed by atoms with van der Waals surface area (Å²) in [5.74, 6) is -10.4. The van der Waals surface area contributed by atoms with E-state index in [4.69, 9.17) is 109 Å². The Hall–Kier alpha value is -9.16. The molecule has 0 radical (unpaired) electrons. The van der Waals surface area contributed by atoms with Gasteiger partial charge in [0.15, 0.2) is 55.5 Å². The number of nitrogens with zero attached hydrogens (tertiary/aromatic N) is 2. The van der Waals surface area contributed by atoms with Crippen LogP contribution in [0.15, 0.2) is 0 Å². The molecule has 0 bridgehead atoms. The molecule has 7 N–H and O–H groups in total. The van der Waals surface area contributed by atoms with Crippen LogP contribution < -0.4 is 37.2 Å². The molecule has 7 amide bonds. The molecule has 3 aliphatic heterocycles. The maximum absolute atomic E-state index is 14.5. The van der Waals surface area contributed by atoms with Gasteiger partial charge in [0.25, 0.3) is 8.53 Å². The van der Waals surface area contributed by atoms with E-state index in [1.165, 1.54) is 20.8 Å². The predicted molar refractivity (Wildman–Crippen MR) is 460 cm³/mol. The van der Waals surface area contributed by atoms with Gasteiger partial charge in [-0.2, -0.15) is 5.26 Å². The lowest BCUT2D eigenvalue weighted by molar-refractivity contribution is -0.279. The second-order valence-electron chi connectivity index (χ2n) is 32.2. The van der Waals surface area contributed by atoms with Crippen LogP contribution in [0.4, 0.5) is 0 Å².